The molecule has 112 valence electrons. The molecule has 0 N–H and O–H groups in total. The van der Waals surface area contributed by atoms with E-state index in [1.807, 2.05) is 7.05 Å². The van der Waals surface area contributed by atoms with Crippen molar-refractivity contribution in [3.05, 3.63) is 12.3 Å². The van der Waals surface area contributed by atoms with Crippen molar-refractivity contribution in [2.45, 2.75) is 23.6 Å². The normalized spacial score (nSPS) is 29.3. The van der Waals surface area contributed by atoms with E-state index < -0.39 is 10.0 Å². The number of ether oxygens (including phenoxy) is 1. The summed E-state index contributed by atoms with van der Waals surface area (Å²) < 4.78 is 34.4. The molecule has 2 saturated heterocycles. The van der Waals surface area contributed by atoms with Crippen LogP contribution in [-0.4, -0.2) is 72.8 Å². The van der Waals surface area contributed by atoms with Crippen molar-refractivity contribution in [3.63, 3.8) is 0 Å². The number of aryl methyl sites for hydroxylation is 1. The first-order chi connectivity index (χ1) is 9.50. The number of hydrogen-bond donors (Lipinski definition) is 0. The Kier molecular flexibility index (Phi) is 3.57. The van der Waals surface area contributed by atoms with Gasteiger partial charge in [-0.15, -0.1) is 0 Å². The molecule has 0 radical (unpaired) electrons. The summed E-state index contributed by atoms with van der Waals surface area (Å²) in [6.45, 7) is 2.52. The molecule has 0 aromatic carbocycles. The van der Waals surface area contributed by atoms with Gasteiger partial charge in [-0.25, -0.2) is 8.42 Å². The lowest BCUT2D eigenvalue weighted by Gasteiger charge is -2.45. The Balaban J connectivity index is 1.93. The van der Waals surface area contributed by atoms with Gasteiger partial charge in [0.05, 0.1) is 24.9 Å². The van der Waals surface area contributed by atoms with E-state index in [4.69, 9.17) is 4.74 Å². The molecule has 2 unspecified atom stereocenters. The van der Waals surface area contributed by atoms with Gasteiger partial charge in [-0.2, -0.15) is 9.40 Å². The second-order valence-electron chi connectivity index (χ2n) is 5.44. The molecule has 7 nitrogen and oxygen atoms in total. The highest BCUT2D eigenvalue weighted by Gasteiger charge is 2.42. The van der Waals surface area contributed by atoms with Gasteiger partial charge in [-0.05, 0) is 19.5 Å². The van der Waals surface area contributed by atoms with Crippen molar-refractivity contribution in [2.75, 3.05) is 33.3 Å². The van der Waals surface area contributed by atoms with Crippen molar-refractivity contribution >= 4 is 10.0 Å². The summed E-state index contributed by atoms with van der Waals surface area (Å²) in [4.78, 5) is 2.15. The second-order valence-corrected chi connectivity index (χ2v) is 7.27. The Morgan fingerprint density at radius 3 is 2.85 bits per heavy atom. The van der Waals surface area contributed by atoms with Gasteiger partial charge in [0, 0.05) is 26.7 Å². The van der Waals surface area contributed by atoms with Gasteiger partial charge in [0.1, 0.15) is 0 Å². The Morgan fingerprint density at radius 2 is 2.15 bits per heavy atom. The highest BCUT2D eigenvalue weighted by atomic mass is 32.2. The van der Waals surface area contributed by atoms with Crippen molar-refractivity contribution in [2.24, 2.45) is 7.05 Å². The summed E-state index contributed by atoms with van der Waals surface area (Å²) in [5.74, 6) is 0. The molecule has 2 fully saturated rings. The van der Waals surface area contributed by atoms with Crippen LogP contribution in [-0.2, 0) is 21.8 Å². The highest BCUT2D eigenvalue weighted by Crippen LogP contribution is 2.27. The van der Waals surface area contributed by atoms with Crippen molar-refractivity contribution in [3.8, 4) is 0 Å². The fraction of sp³-hybridized carbons (Fsp3) is 0.750. The molecule has 2 aliphatic rings. The number of morpholine rings is 1. The number of likely N-dealkylation sites (tertiary alicyclic amines) is 1. The lowest BCUT2D eigenvalue weighted by molar-refractivity contribution is -0.0720. The number of sulfonamides is 1. The molecule has 1 aromatic rings. The molecule has 2 atom stereocenters. The van der Waals surface area contributed by atoms with E-state index in [1.54, 1.807) is 17.4 Å². The van der Waals surface area contributed by atoms with Crippen LogP contribution in [0.15, 0.2) is 17.3 Å². The fourth-order valence-electron chi connectivity index (χ4n) is 3.03. The number of likely N-dealkylation sites (N-methyl/N-ethyl adjacent to an activating group) is 1. The third-order valence-corrected chi connectivity index (χ3v) is 6.09. The summed E-state index contributed by atoms with van der Waals surface area (Å²) in [6, 6.07) is 1.44. The Bertz CT molecular complexity index is 585. The zero-order valence-corrected chi connectivity index (χ0v) is 12.6. The number of aromatic nitrogens is 2. The Labute approximate surface area is 119 Å². The SMILES string of the molecule is CN1CCC2OCCN(S(=O)(=O)c3ccnn3C)C2C1. The molecule has 0 saturated carbocycles. The number of hydrogen-bond acceptors (Lipinski definition) is 5. The van der Waals surface area contributed by atoms with Gasteiger partial charge < -0.3 is 9.64 Å². The minimum absolute atomic E-state index is 0.00273. The maximum absolute atomic E-state index is 12.8. The Hall–Kier alpha value is -0.960. The van der Waals surface area contributed by atoms with Gasteiger partial charge in [-0.3, -0.25) is 4.68 Å². The van der Waals surface area contributed by atoms with Gasteiger partial charge in [-0.1, -0.05) is 0 Å². The molecule has 8 heteroatoms. The quantitative estimate of drug-likeness (QED) is 0.737. The van der Waals surface area contributed by atoms with Crippen molar-refractivity contribution in [1.29, 1.82) is 0 Å². The number of piperidine rings is 1. The number of fused-ring (bicyclic) bond motifs is 1. The predicted octanol–water partition coefficient (Wildman–Crippen LogP) is -0.486. The smallest absolute Gasteiger partial charge is 0.260 e. The monoisotopic (exact) mass is 300 g/mol. The maximum atomic E-state index is 12.8. The van der Waals surface area contributed by atoms with E-state index in [0.29, 0.717) is 19.7 Å². The summed E-state index contributed by atoms with van der Waals surface area (Å²) in [7, 11) is 0.148. The van der Waals surface area contributed by atoms with Crippen LogP contribution < -0.4 is 0 Å². The van der Waals surface area contributed by atoms with Crippen LogP contribution in [0.3, 0.4) is 0 Å². The first-order valence-electron chi connectivity index (χ1n) is 6.80. The van der Waals surface area contributed by atoms with E-state index in [9.17, 15) is 8.42 Å². The molecule has 1 aromatic heterocycles. The number of nitrogens with zero attached hydrogens (tertiary/aromatic N) is 4. The van der Waals surface area contributed by atoms with Gasteiger partial charge in [0.15, 0.2) is 5.03 Å². The molecule has 0 amide bonds. The van der Waals surface area contributed by atoms with E-state index in [-0.39, 0.29) is 17.2 Å². The molecule has 2 aliphatic heterocycles. The first kappa shape index (κ1) is 14.0. The molecular weight excluding hydrogens is 280 g/mol. The van der Waals surface area contributed by atoms with Gasteiger partial charge in [0.2, 0.25) is 0 Å². The predicted molar refractivity (Wildman–Crippen MR) is 72.7 cm³/mol. The molecular formula is C12H20N4O3S. The lowest BCUT2D eigenvalue weighted by Crippen LogP contribution is -2.60. The molecule has 0 bridgehead atoms. The van der Waals surface area contributed by atoms with E-state index >= 15 is 0 Å². The van der Waals surface area contributed by atoms with Crippen molar-refractivity contribution < 1.29 is 13.2 Å². The summed E-state index contributed by atoms with van der Waals surface area (Å²) in [5.41, 5.74) is 0. The minimum atomic E-state index is -3.52. The molecule has 20 heavy (non-hydrogen) atoms. The average molecular weight is 300 g/mol. The molecule has 0 aliphatic carbocycles. The zero-order chi connectivity index (χ0) is 14.3. The maximum Gasteiger partial charge on any atom is 0.260 e. The second kappa shape index (κ2) is 5.10. The number of rotatable bonds is 2. The van der Waals surface area contributed by atoms with Crippen LogP contribution in [0.5, 0.6) is 0 Å². The van der Waals surface area contributed by atoms with Gasteiger partial charge in [0.25, 0.3) is 10.0 Å². The van der Waals surface area contributed by atoms with E-state index in [2.05, 4.69) is 10.00 Å². The first-order valence-corrected chi connectivity index (χ1v) is 8.24. The summed E-state index contributed by atoms with van der Waals surface area (Å²) >= 11 is 0. The summed E-state index contributed by atoms with van der Waals surface area (Å²) in [5, 5.41) is 4.21. The topological polar surface area (TPSA) is 67.7 Å². The van der Waals surface area contributed by atoms with E-state index in [1.165, 1.54) is 10.9 Å². The van der Waals surface area contributed by atoms with Crippen LogP contribution in [0, 0.1) is 0 Å². The standard InChI is InChI=1S/C12H20N4O3S/c1-14-6-4-11-10(9-14)16(7-8-19-11)20(17,18)12-3-5-13-15(12)2/h3,5,10-11H,4,6-9H2,1-2H3. The summed E-state index contributed by atoms with van der Waals surface area (Å²) in [6.07, 6.45) is 2.39. The molecule has 3 heterocycles. The zero-order valence-electron chi connectivity index (χ0n) is 11.8. The van der Waals surface area contributed by atoms with Crippen LogP contribution in [0.1, 0.15) is 6.42 Å². The molecule has 0 spiro atoms. The largest absolute Gasteiger partial charge is 0.375 e. The van der Waals surface area contributed by atoms with E-state index in [0.717, 1.165) is 13.0 Å². The fourth-order valence-corrected chi connectivity index (χ4v) is 4.76. The van der Waals surface area contributed by atoms with Crippen LogP contribution in [0.4, 0.5) is 0 Å². The third-order valence-electron chi connectivity index (χ3n) is 4.09. The minimum Gasteiger partial charge on any atom is -0.375 e. The highest BCUT2D eigenvalue weighted by molar-refractivity contribution is 7.89. The van der Waals surface area contributed by atoms with Crippen LogP contribution in [0.2, 0.25) is 0 Å². The third kappa shape index (κ3) is 2.26. The molecule has 3 rings (SSSR count). The Morgan fingerprint density at radius 1 is 1.35 bits per heavy atom. The van der Waals surface area contributed by atoms with Crippen molar-refractivity contribution in [1.82, 2.24) is 19.0 Å². The average Bonchev–Trinajstić information content (AvgIpc) is 2.85. The van der Waals surface area contributed by atoms with Crippen LogP contribution in [0.25, 0.3) is 0 Å². The van der Waals surface area contributed by atoms with Crippen LogP contribution >= 0.6 is 0 Å². The lowest BCUT2D eigenvalue weighted by atomic mass is 10.0. The van der Waals surface area contributed by atoms with Gasteiger partial charge >= 0.3 is 0 Å².